The summed E-state index contributed by atoms with van der Waals surface area (Å²) in [4.78, 5) is 0. The monoisotopic (exact) mass is 200 g/mol. The zero-order chi connectivity index (χ0) is 3.58. The SMILES string of the molecule is [GaH3].[O-][Br+2]([O-])O. The Morgan fingerprint density at radius 2 is 1.40 bits per heavy atom. The maximum Gasteiger partial charge on any atom is 0.433 e. The molecule has 0 radical (unpaired) electrons. The van der Waals surface area contributed by atoms with Crippen molar-refractivity contribution in [3.63, 3.8) is 0 Å². The first-order valence-electron chi connectivity index (χ1n) is 0.478. The van der Waals surface area contributed by atoms with Crippen LogP contribution in [0.4, 0.5) is 0 Å². The van der Waals surface area contributed by atoms with Crippen LogP contribution in [0.5, 0.6) is 0 Å². The normalized spacial score (nSPS) is 7.20. The molecule has 0 aromatic heterocycles. The first kappa shape index (κ1) is 9.37. The first-order valence-corrected chi connectivity index (χ1v) is 2.48. The molecule has 32 valence electrons. The van der Waals surface area contributed by atoms with Gasteiger partial charge < -0.3 is 8.40 Å². The summed E-state index contributed by atoms with van der Waals surface area (Å²) in [7, 11) is 0. The average molecular weight is 202 g/mol. The van der Waals surface area contributed by atoms with Gasteiger partial charge in [-0.1, -0.05) is 0 Å². The smallest absolute Gasteiger partial charge is 0.372 e. The Labute approximate surface area is 47.5 Å². The van der Waals surface area contributed by atoms with Crippen LogP contribution in [0.3, 0.4) is 0 Å². The summed E-state index contributed by atoms with van der Waals surface area (Å²) in [6.07, 6.45) is 0. The summed E-state index contributed by atoms with van der Waals surface area (Å²) >= 11 is -3.40. The van der Waals surface area contributed by atoms with Gasteiger partial charge in [0.05, 0.1) is 0 Å². The Morgan fingerprint density at radius 3 is 1.40 bits per heavy atom. The molecular weight excluding hydrogens is 198 g/mol. The van der Waals surface area contributed by atoms with E-state index in [-0.39, 0.29) is 19.8 Å². The van der Waals surface area contributed by atoms with E-state index < -0.39 is 14.8 Å². The van der Waals surface area contributed by atoms with Crippen LogP contribution < -0.4 is 8.40 Å². The molecule has 0 aromatic carbocycles. The molecule has 0 rings (SSSR count). The van der Waals surface area contributed by atoms with Gasteiger partial charge in [-0.25, -0.2) is 0 Å². The third-order valence-corrected chi connectivity index (χ3v) is 0. The average Bonchev–Trinajstić information content (AvgIpc) is 0.811. The Kier molecular flexibility index (Phi) is 9.37. The van der Waals surface area contributed by atoms with Crippen LogP contribution in [-0.2, 0) is 0 Å². The second kappa shape index (κ2) is 5.00. The molecule has 3 nitrogen and oxygen atoms in total. The zero-order valence-corrected chi connectivity index (χ0v) is 3.23. The second-order valence-electron chi connectivity index (χ2n) is 0.201. The van der Waals surface area contributed by atoms with Crippen LogP contribution in [-0.4, -0.2) is 24.0 Å². The van der Waals surface area contributed by atoms with Crippen LogP contribution in [0.15, 0.2) is 0 Å². The van der Waals surface area contributed by atoms with Gasteiger partial charge in [-0.3, -0.25) is 0 Å². The maximum atomic E-state index is 8.63. The fourth-order valence-electron chi connectivity index (χ4n) is 0. The Balaban J connectivity index is 0. The molecule has 0 aliphatic heterocycles. The summed E-state index contributed by atoms with van der Waals surface area (Å²) in [5.74, 6) is 0. The topological polar surface area (TPSA) is 66.3 Å². The van der Waals surface area contributed by atoms with Gasteiger partial charge >= 0.3 is 34.6 Å². The molecule has 0 saturated carbocycles. The molecule has 1 N–H and O–H groups in total. The Bertz CT molecular complexity index is 11.6. The molecule has 0 aliphatic rings. The summed E-state index contributed by atoms with van der Waals surface area (Å²) < 4.78 is 24.3. The van der Waals surface area contributed by atoms with Crippen molar-refractivity contribution in [2.75, 3.05) is 0 Å². The molecule has 0 spiro atoms. The van der Waals surface area contributed by atoms with Crippen molar-refractivity contribution in [2.24, 2.45) is 0 Å². The largest absolute Gasteiger partial charge is 0.433 e. The van der Waals surface area contributed by atoms with E-state index in [0.29, 0.717) is 0 Å². The third kappa shape index (κ3) is 45.2. The van der Waals surface area contributed by atoms with Crippen molar-refractivity contribution in [3.8, 4) is 0 Å². The summed E-state index contributed by atoms with van der Waals surface area (Å²) in [6, 6.07) is 0. The van der Waals surface area contributed by atoms with E-state index in [1.54, 1.807) is 0 Å². The van der Waals surface area contributed by atoms with E-state index in [4.69, 9.17) is 12.6 Å². The molecule has 5 heteroatoms. The van der Waals surface area contributed by atoms with Crippen LogP contribution >= 0.6 is 0 Å². The number of hydrogen-bond acceptors (Lipinski definition) is 3. The fraction of sp³-hybridized carbons (Fsp3) is 0. The first-order chi connectivity index (χ1) is 1.73. The van der Waals surface area contributed by atoms with Crippen LogP contribution in [0.25, 0.3) is 0 Å². The van der Waals surface area contributed by atoms with Crippen molar-refractivity contribution in [2.45, 2.75) is 0 Å². The molecule has 0 aliphatic carbocycles. The molecular formula is H4BrGaO3. The van der Waals surface area contributed by atoms with Gasteiger partial charge in [-0.05, 0) is 4.20 Å². The molecule has 0 heterocycles. The minimum atomic E-state index is -3.40. The van der Waals surface area contributed by atoms with E-state index in [0.717, 1.165) is 0 Å². The van der Waals surface area contributed by atoms with E-state index in [1.165, 1.54) is 0 Å². The van der Waals surface area contributed by atoms with Crippen molar-refractivity contribution in [3.05, 3.63) is 0 Å². The van der Waals surface area contributed by atoms with Gasteiger partial charge in [-0.2, -0.15) is 0 Å². The fourth-order valence-corrected chi connectivity index (χ4v) is 0. The van der Waals surface area contributed by atoms with Crippen molar-refractivity contribution in [1.29, 1.82) is 0 Å². The Morgan fingerprint density at radius 1 is 1.40 bits per heavy atom. The molecule has 0 bridgehead atoms. The van der Waals surface area contributed by atoms with Gasteiger partial charge in [0.1, 0.15) is 0 Å². The van der Waals surface area contributed by atoms with E-state index in [9.17, 15) is 0 Å². The molecule has 5 heavy (non-hydrogen) atoms. The van der Waals surface area contributed by atoms with Gasteiger partial charge in [0.25, 0.3) is 0 Å². The molecule has 0 unspecified atom stereocenters. The number of halogens is 1. The molecule has 0 saturated heterocycles. The number of rotatable bonds is 0. The summed E-state index contributed by atoms with van der Waals surface area (Å²) in [6.45, 7) is 0. The van der Waals surface area contributed by atoms with Crippen molar-refractivity contribution in [1.82, 2.24) is 0 Å². The molecule has 0 aromatic rings. The van der Waals surface area contributed by atoms with Gasteiger partial charge in [-0.15, -0.1) is 0 Å². The maximum absolute atomic E-state index is 8.63. The van der Waals surface area contributed by atoms with E-state index >= 15 is 0 Å². The molecule has 0 atom stereocenters. The van der Waals surface area contributed by atoms with E-state index in [1.807, 2.05) is 0 Å². The Hall–Kier alpha value is 0.996. The van der Waals surface area contributed by atoms with Crippen molar-refractivity contribution >= 4 is 19.8 Å². The standard InChI is InChI=1S/BrHO3.Ga.3H/c2-1(3)4;;;;/h2H;;;;. The van der Waals surface area contributed by atoms with Crippen molar-refractivity contribution < 1.29 is 27.4 Å². The quantitative estimate of drug-likeness (QED) is 0.405. The zero-order valence-electron chi connectivity index (χ0n) is 1.64. The minimum Gasteiger partial charge on any atom is -0.372 e. The molecule has 0 fully saturated rings. The van der Waals surface area contributed by atoms with Crippen LogP contribution in [0.2, 0.25) is 0 Å². The van der Waals surface area contributed by atoms with E-state index in [2.05, 4.69) is 0 Å². The predicted molar refractivity (Wildman–Crippen MR) is 12.2 cm³/mol. The second-order valence-corrected chi connectivity index (χ2v) is 1.04. The van der Waals surface area contributed by atoms with Crippen LogP contribution in [0.1, 0.15) is 0 Å². The minimum absolute atomic E-state index is 0. The van der Waals surface area contributed by atoms with Gasteiger partial charge in [0.15, 0.2) is 0 Å². The third-order valence-electron chi connectivity index (χ3n) is 0. The van der Waals surface area contributed by atoms with Crippen LogP contribution in [0, 0.1) is 14.8 Å². The predicted octanol–water partition coefficient (Wildman–Crippen LogP) is -4.12. The summed E-state index contributed by atoms with van der Waals surface area (Å²) in [5, 5.41) is 0. The van der Waals surface area contributed by atoms with Gasteiger partial charge in [0, 0.05) is 0 Å². The van der Waals surface area contributed by atoms with Gasteiger partial charge in [0.2, 0.25) is 0 Å². The summed E-state index contributed by atoms with van der Waals surface area (Å²) in [5.41, 5.74) is 0. The molecule has 0 amide bonds. The number of hydrogen-bond donors (Lipinski definition) is 1.